The summed E-state index contributed by atoms with van der Waals surface area (Å²) in [5.41, 5.74) is 0. The number of aliphatic hydroxyl groups is 1. The van der Waals surface area contributed by atoms with Gasteiger partial charge in [0, 0.05) is 13.0 Å². The van der Waals surface area contributed by atoms with Gasteiger partial charge in [-0.3, -0.25) is 4.79 Å². The molecule has 0 bridgehead atoms. The van der Waals surface area contributed by atoms with E-state index in [0.717, 1.165) is 45.1 Å². The molecule has 0 aromatic carbocycles. The number of unbranched alkanes of at least 4 members (excludes halogenated alkanes) is 1. The molecule has 1 aliphatic carbocycles. The Morgan fingerprint density at radius 3 is 2.83 bits per heavy atom. The van der Waals surface area contributed by atoms with E-state index in [0.29, 0.717) is 18.9 Å². The third kappa shape index (κ3) is 6.61. The molecular formula is C18H30O5. The van der Waals surface area contributed by atoms with Crippen LogP contribution in [0.15, 0.2) is 12.2 Å². The Labute approximate surface area is 138 Å². The van der Waals surface area contributed by atoms with Crippen molar-refractivity contribution in [3.8, 4) is 0 Å². The second-order valence-electron chi connectivity index (χ2n) is 6.69. The molecule has 0 aromatic heterocycles. The van der Waals surface area contributed by atoms with E-state index in [2.05, 4.69) is 6.08 Å². The fraction of sp³-hybridized carbons (Fsp3) is 0.833. The predicted molar refractivity (Wildman–Crippen MR) is 87.0 cm³/mol. The van der Waals surface area contributed by atoms with Crippen LogP contribution in [0.5, 0.6) is 0 Å². The van der Waals surface area contributed by atoms with Gasteiger partial charge < -0.3 is 19.7 Å². The Morgan fingerprint density at radius 1 is 1.22 bits per heavy atom. The fourth-order valence-corrected chi connectivity index (χ4v) is 3.50. The minimum atomic E-state index is -0.744. The molecule has 5 heteroatoms. The lowest BCUT2D eigenvalue weighted by Crippen LogP contribution is -2.27. The molecule has 2 rings (SSSR count). The van der Waals surface area contributed by atoms with Crippen molar-refractivity contribution >= 4 is 5.97 Å². The monoisotopic (exact) mass is 326 g/mol. The van der Waals surface area contributed by atoms with Gasteiger partial charge in [0.25, 0.3) is 0 Å². The third-order valence-electron chi connectivity index (χ3n) is 4.90. The average Bonchev–Trinajstić information content (AvgIpc) is 2.90. The molecule has 2 N–H and O–H groups in total. The lowest BCUT2D eigenvalue weighted by atomic mass is 9.92. The number of carboxylic acids is 1. The quantitative estimate of drug-likeness (QED) is 0.503. The van der Waals surface area contributed by atoms with E-state index < -0.39 is 5.97 Å². The smallest absolute Gasteiger partial charge is 0.303 e. The van der Waals surface area contributed by atoms with Crippen LogP contribution in [0.4, 0.5) is 0 Å². The van der Waals surface area contributed by atoms with E-state index >= 15 is 0 Å². The van der Waals surface area contributed by atoms with Crippen molar-refractivity contribution in [1.29, 1.82) is 0 Å². The molecule has 132 valence electrons. The molecule has 2 fully saturated rings. The van der Waals surface area contributed by atoms with Crippen molar-refractivity contribution in [2.24, 2.45) is 11.8 Å². The summed E-state index contributed by atoms with van der Waals surface area (Å²) >= 11 is 0. The topological polar surface area (TPSA) is 76.0 Å². The maximum Gasteiger partial charge on any atom is 0.303 e. The van der Waals surface area contributed by atoms with Crippen LogP contribution in [0.25, 0.3) is 0 Å². The molecule has 0 spiro atoms. The molecule has 0 amide bonds. The van der Waals surface area contributed by atoms with Crippen LogP contribution in [0.2, 0.25) is 0 Å². The Bertz CT molecular complexity index is 376. The molecule has 0 aromatic rings. The molecule has 1 saturated carbocycles. The highest BCUT2D eigenvalue weighted by Gasteiger charge is 2.34. The van der Waals surface area contributed by atoms with Crippen molar-refractivity contribution < 1.29 is 24.5 Å². The molecular weight excluding hydrogens is 296 g/mol. The second-order valence-corrected chi connectivity index (χ2v) is 6.69. The number of aliphatic hydroxyl groups excluding tert-OH is 1. The highest BCUT2D eigenvalue weighted by atomic mass is 16.7. The zero-order chi connectivity index (χ0) is 16.5. The van der Waals surface area contributed by atoms with Crippen LogP contribution < -0.4 is 0 Å². The van der Waals surface area contributed by atoms with Crippen molar-refractivity contribution in [2.75, 3.05) is 13.2 Å². The standard InChI is InChI=1S/C18H30O5/c19-16-11-10-14(13-23-18-9-5-6-12-22-18)15(16)7-3-1-2-4-8-17(20)21/h1,3,14-16,18-19H,2,4-13H2,(H,20,21). The van der Waals surface area contributed by atoms with Gasteiger partial charge in [0.1, 0.15) is 0 Å². The summed E-state index contributed by atoms with van der Waals surface area (Å²) < 4.78 is 11.5. The van der Waals surface area contributed by atoms with Gasteiger partial charge in [-0.15, -0.1) is 0 Å². The number of allylic oxidation sites excluding steroid dienone is 2. The van der Waals surface area contributed by atoms with Gasteiger partial charge in [-0.25, -0.2) is 0 Å². The average molecular weight is 326 g/mol. The zero-order valence-electron chi connectivity index (χ0n) is 13.9. The first-order valence-corrected chi connectivity index (χ1v) is 8.95. The predicted octanol–water partition coefficient (Wildman–Crippen LogP) is 3.12. The van der Waals surface area contributed by atoms with E-state index in [1.165, 1.54) is 6.42 Å². The highest BCUT2D eigenvalue weighted by Crippen LogP contribution is 2.35. The van der Waals surface area contributed by atoms with Crippen molar-refractivity contribution in [1.82, 2.24) is 0 Å². The SMILES string of the molecule is O=C(O)CCCC=CCC1C(O)CCC1COC1CCCCO1. The molecule has 23 heavy (non-hydrogen) atoms. The zero-order valence-corrected chi connectivity index (χ0v) is 13.9. The lowest BCUT2D eigenvalue weighted by molar-refractivity contribution is -0.171. The summed E-state index contributed by atoms with van der Waals surface area (Å²) in [5.74, 6) is -0.111. The number of aliphatic carboxylic acids is 1. The van der Waals surface area contributed by atoms with E-state index in [4.69, 9.17) is 14.6 Å². The molecule has 4 atom stereocenters. The Morgan fingerprint density at radius 2 is 2.09 bits per heavy atom. The molecule has 1 heterocycles. The summed E-state index contributed by atoms with van der Waals surface area (Å²) in [6.45, 7) is 1.46. The maximum absolute atomic E-state index is 10.4. The summed E-state index contributed by atoms with van der Waals surface area (Å²) in [6, 6.07) is 0. The number of ether oxygens (including phenoxy) is 2. The van der Waals surface area contributed by atoms with E-state index in [1.54, 1.807) is 0 Å². The van der Waals surface area contributed by atoms with Gasteiger partial charge in [-0.05, 0) is 63.2 Å². The van der Waals surface area contributed by atoms with Crippen LogP contribution in [-0.4, -0.2) is 41.8 Å². The largest absolute Gasteiger partial charge is 0.481 e. The number of hydrogen-bond donors (Lipinski definition) is 2. The first-order chi connectivity index (χ1) is 11.2. The third-order valence-corrected chi connectivity index (χ3v) is 4.90. The van der Waals surface area contributed by atoms with Gasteiger partial charge in [-0.1, -0.05) is 12.2 Å². The first-order valence-electron chi connectivity index (χ1n) is 8.95. The minimum absolute atomic E-state index is 0.0614. The number of rotatable bonds is 9. The molecule has 1 saturated heterocycles. The van der Waals surface area contributed by atoms with Gasteiger partial charge in [-0.2, -0.15) is 0 Å². The molecule has 4 unspecified atom stereocenters. The molecule has 0 radical (unpaired) electrons. The van der Waals surface area contributed by atoms with Gasteiger partial charge in [0.2, 0.25) is 0 Å². The Balaban J connectivity index is 1.67. The molecule has 5 nitrogen and oxygen atoms in total. The van der Waals surface area contributed by atoms with E-state index in [-0.39, 0.29) is 24.7 Å². The highest BCUT2D eigenvalue weighted by molar-refractivity contribution is 5.66. The summed E-state index contributed by atoms with van der Waals surface area (Å²) in [7, 11) is 0. The summed E-state index contributed by atoms with van der Waals surface area (Å²) in [4.78, 5) is 10.4. The summed E-state index contributed by atoms with van der Waals surface area (Å²) in [5, 5.41) is 18.8. The van der Waals surface area contributed by atoms with E-state index in [9.17, 15) is 9.90 Å². The van der Waals surface area contributed by atoms with Crippen LogP contribution in [0.1, 0.15) is 57.8 Å². The van der Waals surface area contributed by atoms with Crippen molar-refractivity contribution in [3.05, 3.63) is 12.2 Å². The van der Waals surface area contributed by atoms with Crippen LogP contribution in [-0.2, 0) is 14.3 Å². The van der Waals surface area contributed by atoms with Crippen LogP contribution in [0.3, 0.4) is 0 Å². The molecule has 2 aliphatic rings. The van der Waals surface area contributed by atoms with Crippen molar-refractivity contribution in [2.45, 2.75) is 70.2 Å². The lowest BCUT2D eigenvalue weighted by Gasteiger charge is -2.26. The number of carbonyl (C=O) groups is 1. The normalized spacial score (nSPS) is 31.7. The molecule has 1 aliphatic heterocycles. The maximum atomic E-state index is 10.4. The van der Waals surface area contributed by atoms with Gasteiger partial charge in [0.15, 0.2) is 6.29 Å². The van der Waals surface area contributed by atoms with Crippen LogP contribution in [0, 0.1) is 11.8 Å². The van der Waals surface area contributed by atoms with Crippen LogP contribution >= 0.6 is 0 Å². The fourth-order valence-electron chi connectivity index (χ4n) is 3.50. The number of carboxylic acid groups (broad SMARTS) is 1. The van der Waals surface area contributed by atoms with Crippen molar-refractivity contribution in [3.63, 3.8) is 0 Å². The van der Waals surface area contributed by atoms with E-state index in [1.807, 2.05) is 6.08 Å². The summed E-state index contributed by atoms with van der Waals surface area (Å²) in [6.07, 6.45) is 11.4. The van der Waals surface area contributed by atoms with Gasteiger partial charge >= 0.3 is 5.97 Å². The first kappa shape index (κ1) is 18.4. The van der Waals surface area contributed by atoms with Gasteiger partial charge in [0.05, 0.1) is 12.7 Å². The Kier molecular flexibility index (Phi) is 8.06. The second kappa shape index (κ2) is 10.1. The Hall–Kier alpha value is -0.910. The number of hydrogen-bond acceptors (Lipinski definition) is 4. The minimum Gasteiger partial charge on any atom is -0.481 e.